The summed E-state index contributed by atoms with van der Waals surface area (Å²) in [7, 11) is 0. The van der Waals surface area contributed by atoms with Gasteiger partial charge in [-0.1, -0.05) is 30.3 Å². The number of aromatic nitrogens is 4. The minimum Gasteiger partial charge on any atom is -0.348 e. The monoisotopic (exact) mass is 423 g/mol. The molecule has 0 fully saturated rings. The highest BCUT2D eigenvalue weighted by Crippen LogP contribution is 2.31. The molecule has 0 unspecified atom stereocenters. The molecule has 8 heteroatoms. The lowest BCUT2D eigenvalue weighted by molar-refractivity contribution is 0.127. The summed E-state index contributed by atoms with van der Waals surface area (Å²) in [5.74, 6) is -0.0237. The van der Waals surface area contributed by atoms with Crippen LogP contribution in [0.2, 0.25) is 0 Å². The van der Waals surface area contributed by atoms with Gasteiger partial charge < -0.3 is 9.88 Å². The molecule has 158 valence electrons. The van der Waals surface area contributed by atoms with E-state index in [0.717, 1.165) is 5.56 Å². The van der Waals surface area contributed by atoms with Gasteiger partial charge in [-0.05, 0) is 42.8 Å². The number of benzene rings is 2. The highest BCUT2D eigenvalue weighted by Gasteiger charge is 2.19. The smallest absolute Gasteiger partial charge is 0.256 e. The number of alkyl halides is 2. The predicted molar refractivity (Wildman–Crippen MR) is 113 cm³/mol. The van der Waals surface area contributed by atoms with Gasteiger partial charge in [0.2, 0.25) is 5.95 Å². The SMILES string of the molecule is C[C@@H](Nc1nccc(-c2c(-c3ccc(F)cc3)ncn2CC(F)F)n1)c1ccccc1. The number of nitrogens with zero attached hydrogens (tertiary/aromatic N) is 4. The quantitative estimate of drug-likeness (QED) is 0.421. The Bertz CT molecular complexity index is 1140. The second kappa shape index (κ2) is 8.99. The average Bonchev–Trinajstić information content (AvgIpc) is 3.18. The fourth-order valence-electron chi connectivity index (χ4n) is 3.34. The van der Waals surface area contributed by atoms with Crippen molar-refractivity contribution in [2.75, 3.05) is 5.32 Å². The minimum atomic E-state index is -2.56. The van der Waals surface area contributed by atoms with Crippen LogP contribution in [-0.4, -0.2) is 25.9 Å². The van der Waals surface area contributed by atoms with E-state index >= 15 is 0 Å². The summed E-state index contributed by atoms with van der Waals surface area (Å²) in [5, 5.41) is 3.24. The predicted octanol–water partition coefficient (Wildman–Crippen LogP) is 5.58. The van der Waals surface area contributed by atoms with Crippen LogP contribution in [0.1, 0.15) is 18.5 Å². The summed E-state index contributed by atoms with van der Waals surface area (Å²) in [6.07, 6.45) is 0.352. The van der Waals surface area contributed by atoms with Crippen LogP contribution in [0.3, 0.4) is 0 Å². The second-order valence-corrected chi connectivity index (χ2v) is 7.03. The van der Waals surface area contributed by atoms with Crippen molar-refractivity contribution in [2.45, 2.75) is 25.9 Å². The highest BCUT2D eigenvalue weighted by atomic mass is 19.3. The van der Waals surface area contributed by atoms with Gasteiger partial charge in [0.05, 0.1) is 36.0 Å². The van der Waals surface area contributed by atoms with E-state index in [9.17, 15) is 13.2 Å². The summed E-state index contributed by atoms with van der Waals surface area (Å²) in [5.41, 5.74) is 2.97. The highest BCUT2D eigenvalue weighted by molar-refractivity contribution is 5.77. The fourth-order valence-corrected chi connectivity index (χ4v) is 3.34. The first-order chi connectivity index (χ1) is 15.0. The van der Waals surface area contributed by atoms with Gasteiger partial charge in [0.1, 0.15) is 5.82 Å². The Morgan fingerprint density at radius 2 is 1.71 bits per heavy atom. The van der Waals surface area contributed by atoms with Crippen molar-refractivity contribution in [1.82, 2.24) is 19.5 Å². The first-order valence-electron chi connectivity index (χ1n) is 9.75. The molecule has 0 aliphatic carbocycles. The van der Waals surface area contributed by atoms with Crippen LogP contribution in [0.25, 0.3) is 22.6 Å². The molecule has 31 heavy (non-hydrogen) atoms. The summed E-state index contributed by atoms with van der Waals surface area (Å²) in [6, 6.07) is 17.1. The number of hydrogen-bond donors (Lipinski definition) is 1. The molecule has 0 bridgehead atoms. The fraction of sp³-hybridized carbons (Fsp3) is 0.174. The van der Waals surface area contributed by atoms with E-state index in [1.54, 1.807) is 24.4 Å². The molecule has 0 saturated heterocycles. The largest absolute Gasteiger partial charge is 0.348 e. The van der Waals surface area contributed by atoms with Crippen molar-refractivity contribution < 1.29 is 13.2 Å². The normalized spacial score (nSPS) is 12.2. The van der Waals surface area contributed by atoms with Gasteiger partial charge in [-0.3, -0.25) is 0 Å². The number of halogens is 3. The third-order valence-corrected chi connectivity index (χ3v) is 4.83. The molecule has 4 rings (SSSR count). The average molecular weight is 423 g/mol. The maximum absolute atomic E-state index is 13.4. The topological polar surface area (TPSA) is 55.6 Å². The minimum absolute atomic E-state index is 0.0565. The van der Waals surface area contributed by atoms with E-state index in [1.165, 1.54) is 23.0 Å². The van der Waals surface area contributed by atoms with Gasteiger partial charge in [0, 0.05) is 11.8 Å². The summed E-state index contributed by atoms with van der Waals surface area (Å²) in [6.45, 7) is 1.45. The van der Waals surface area contributed by atoms with Crippen molar-refractivity contribution in [3.05, 3.63) is 84.6 Å². The Kier molecular flexibility index (Phi) is 5.97. The van der Waals surface area contributed by atoms with Crippen LogP contribution in [-0.2, 0) is 6.54 Å². The maximum atomic E-state index is 13.4. The Morgan fingerprint density at radius 1 is 0.968 bits per heavy atom. The lowest BCUT2D eigenvalue weighted by Gasteiger charge is -2.15. The molecule has 0 aliphatic rings. The zero-order chi connectivity index (χ0) is 21.8. The van der Waals surface area contributed by atoms with E-state index < -0.39 is 13.0 Å². The van der Waals surface area contributed by atoms with Crippen molar-refractivity contribution in [3.8, 4) is 22.6 Å². The standard InChI is InChI=1S/C23H20F3N5/c1-15(16-5-3-2-4-6-16)29-23-27-12-11-19(30-23)22-21(17-7-9-18(24)10-8-17)28-14-31(22)13-20(25)26/h2-12,14-15,20H,13H2,1H3,(H,27,29,30)/t15-/m1/s1. The molecule has 4 aromatic rings. The van der Waals surface area contributed by atoms with Crippen molar-refractivity contribution in [1.29, 1.82) is 0 Å². The van der Waals surface area contributed by atoms with E-state index in [1.807, 2.05) is 37.3 Å². The van der Waals surface area contributed by atoms with Crippen LogP contribution in [0, 0.1) is 5.82 Å². The van der Waals surface area contributed by atoms with Crippen LogP contribution >= 0.6 is 0 Å². The third-order valence-electron chi connectivity index (χ3n) is 4.83. The Morgan fingerprint density at radius 3 is 2.42 bits per heavy atom. The Labute approximate surface area is 177 Å². The summed E-state index contributed by atoms with van der Waals surface area (Å²) in [4.78, 5) is 13.1. The zero-order valence-corrected chi connectivity index (χ0v) is 16.7. The number of imidazole rings is 1. The lowest BCUT2D eigenvalue weighted by atomic mass is 10.1. The summed E-state index contributed by atoms with van der Waals surface area (Å²) < 4.78 is 41.1. The van der Waals surface area contributed by atoms with Crippen LogP contribution in [0.15, 0.2) is 73.2 Å². The maximum Gasteiger partial charge on any atom is 0.256 e. The molecule has 2 aromatic heterocycles. The van der Waals surface area contributed by atoms with Gasteiger partial charge >= 0.3 is 0 Å². The second-order valence-electron chi connectivity index (χ2n) is 7.03. The number of nitrogens with one attached hydrogen (secondary N) is 1. The van der Waals surface area contributed by atoms with Crippen molar-refractivity contribution in [3.63, 3.8) is 0 Å². The van der Waals surface area contributed by atoms with Gasteiger partial charge in [-0.2, -0.15) is 0 Å². The molecule has 1 N–H and O–H groups in total. The lowest BCUT2D eigenvalue weighted by Crippen LogP contribution is -2.11. The molecule has 0 spiro atoms. The molecular weight excluding hydrogens is 403 g/mol. The first kappa shape index (κ1) is 20.6. The number of rotatable bonds is 7. The van der Waals surface area contributed by atoms with Crippen molar-refractivity contribution in [2.24, 2.45) is 0 Å². The zero-order valence-electron chi connectivity index (χ0n) is 16.7. The molecule has 1 atom stereocenters. The Balaban J connectivity index is 1.72. The molecule has 0 aliphatic heterocycles. The van der Waals surface area contributed by atoms with Crippen LogP contribution in [0.5, 0.6) is 0 Å². The van der Waals surface area contributed by atoms with Crippen LogP contribution in [0.4, 0.5) is 19.1 Å². The molecule has 0 radical (unpaired) electrons. The molecular formula is C23H20F3N5. The van der Waals surface area contributed by atoms with Crippen molar-refractivity contribution >= 4 is 5.95 Å². The summed E-state index contributed by atoms with van der Waals surface area (Å²) >= 11 is 0. The van der Waals surface area contributed by atoms with Crippen LogP contribution < -0.4 is 5.32 Å². The van der Waals surface area contributed by atoms with E-state index in [-0.39, 0.29) is 11.9 Å². The molecule has 2 heterocycles. The van der Waals surface area contributed by atoms with E-state index in [0.29, 0.717) is 28.6 Å². The number of hydrogen-bond acceptors (Lipinski definition) is 4. The first-order valence-corrected chi connectivity index (χ1v) is 9.75. The third kappa shape index (κ3) is 4.74. The Hall–Kier alpha value is -3.68. The van der Waals surface area contributed by atoms with Gasteiger partial charge in [0.25, 0.3) is 6.43 Å². The van der Waals surface area contributed by atoms with E-state index in [2.05, 4.69) is 20.3 Å². The molecule has 2 aromatic carbocycles. The molecule has 0 saturated carbocycles. The molecule has 0 amide bonds. The molecule has 5 nitrogen and oxygen atoms in total. The van der Waals surface area contributed by atoms with Gasteiger partial charge in [0.15, 0.2) is 0 Å². The number of anilines is 1. The van der Waals surface area contributed by atoms with Gasteiger partial charge in [-0.25, -0.2) is 28.1 Å². The van der Waals surface area contributed by atoms with E-state index in [4.69, 9.17) is 0 Å². The van der Waals surface area contributed by atoms with Gasteiger partial charge in [-0.15, -0.1) is 0 Å².